The van der Waals surface area contributed by atoms with Crippen molar-refractivity contribution in [1.29, 1.82) is 0 Å². The molecule has 30 heavy (non-hydrogen) atoms. The molecule has 3 heterocycles. The lowest BCUT2D eigenvalue weighted by atomic mass is 9.96. The van der Waals surface area contributed by atoms with Crippen molar-refractivity contribution in [2.24, 2.45) is 0 Å². The molecule has 2 aliphatic rings. The van der Waals surface area contributed by atoms with Crippen LogP contribution in [0.5, 0.6) is 0 Å². The van der Waals surface area contributed by atoms with Gasteiger partial charge < -0.3 is 9.64 Å². The lowest BCUT2D eigenvalue weighted by Crippen LogP contribution is -2.42. The molecule has 7 heteroatoms. The first-order valence-electron chi connectivity index (χ1n) is 10.2. The van der Waals surface area contributed by atoms with Gasteiger partial charge in [0.05, 0.1) is 24.9 Å². The number of carbonyl (C=O) groups is 1. The van der Waals surface area contributed by atoms with E-state index in [4.69, 9.17) is 16.3 Å². The Morgan fingerprint density at radius 2 is 1.77 bits per heavy atom. The number of hydrogen-bond acceptors (Lipinski definition) is 4. The van der Waals surface area contributed by atoms with Gasteiger partial charge in [0, 0.05) is 42.3 Å². The van der Waals surface area contributed by atoms with Gasteiger partial charge in [-0.1, -0.05) is 54.1 Å². The summed E-state index contributed by atoms with van der Waals surface area (Å²) in [7, 11) is 0. The number of aromatic amines is 1. The first-order chi connectivity index (χ1) is 14.7. The predicted molar refractivity (Wildman–Crippen MR) is 116 cm³/mol. The highest BCUT2D eigenvalue weighted by atomic mass is 35.5. The molecule has 3 aromatic rings. The molecule has 2 aromatic carbocycles. The number of benzene rings is 2. The van der Waals surface area contributed by atoms with Gasteiger partial charge in [0.2, 0.25) is 0 Å². The highest BCUT2D eigenvalue weighted by Gasteiger charge is 2.42. The van der Waals surface area contributed by atoms with E-state index in [0.717, 1.165) is 55.2 Å². The molecule has 1 fully saturated rings. The average Bonchev–Trinajstić information content (AvgIpc) is 3.33. The van der Waals surface area contributed by atoms with Crippen molar-refractivity contribution < 1.29 is 9.53 Å². The molecular formula is C23H23ClN4O2. The third kappa shape index (κ3) is 3.51. The molecule has 2 aliphatic heterocycles. The molecule has 1 saturated heterocycles. The number of fused-ring (bicyclic) bond motifs is 1. The number of carbonyl (C=O) groups excluding carboxylic acids is 1. The van der Waals surface area contributed by atoms with Crippen molar-refractivity contribution >= 4 is 17.5 Å². The Morgan fingerprint density at radius 1 is 1.03 bits per heavy atom. The van der Waals surface area contributed by atoms with Crippen LogP contribution in [0.2, 0.25) is 5.02 Å². The monoisotopic (exact) mass is 422 g/mol. The lowest BCUT2D eigenvalue weighted by Gasteiger charge is -2.31. The molecule has 0 spiro atoms. The number of nitrogens with one attached hydrogen (secondary N) is 1. The summed E-state index contributed by atoms with van der Waals surface area (Å²) in [4.78, 5) is 17.6. The van der Waals surface area contributed by atoms with Crippen molar-refractivity contribution in [2.45, 2.75) is 6.04 Å². The number of hydrogen-bond donors (Lipinski definition) is 1. The summed E-state index contributed by atoms with van der Waals surface area (Å²) in [5.74, 6) is -0.00658. The van der Waals surface area contributed by atoms with Crippen LogP contribution in [0.1, 0.15) is 27.7 Å². The molecule has 154 valence electrons. The number of halogens is 1. The van der Waals surface area contributed by atoms with Crippen LogP contribution in [-0.4, -0.2) is 65.3 Å². The zero-order valence-corrected chi connectivity index (χ0v) is 17.3. The average molecular weight is 423 g/mol. The van der Waals surface area contributed by atoms with Crippen LogP contribution >= 0.6 is 11.6 Å². The van der Waals surface area contributed by atoms with Crippen LogP contribution in [0.3, 0.4) is 0 Å². The first-order valence-corrected chi connectivity index (χ1v) is 10.6. The van der Waals surface area contributed by atoms with Gasteiger partial charge in [-0.05, 0) is 17.7 Å². The maximum atomic E-state index is 13.4. The molecule has 0 saturated carbocycles. The van der Waals surface area contributed by atoms with Gasteiger partial charge in [-0.15, -0.1) is 0 Å². The van der Waals surface area contributed by atoms with E-state index in [1.807, 2.05) is 59.5 Å². The second kappa shape index (κ2) is 8.22. The Balaban J connectivity index is 1.52. The van der Waals surface area contributed by atoms with Crippen molar-refractivity contribution in [1.82, 2.24) is 20.0 Å². The minimum atomic E-state index is -0.195. The van der Waals surface area contributed by atoms with Crippen molar-refractivity contribution in [3.05, 3.63) is 76.4 Å². The van der Waals surface area contributed by atoms with Crippen LogP contribution in [0.25, 0.3) is 11.3 Å². The zero-order valence-electron chi connectivity index (χ0n) is 16.6. The summed E-state index contributed by atoms with van der Waals surface area (Å²) in [6.45, 7) is 4.75. The SMILES string of the molecule is O=C1c2[nH]nc(-c3ccccc3)c2[C@H](c2ccc(Cl)cc2)N1CCN1CCOCC1. The fraction of sp³-hybridized carbons (Fsp3) is 0.304. The number of H-pyrrole nitrogens is 1. The Kier molecular flexibility index (Phi) is 5.29. The van der Waals surface area contributed by atoms with E-state index in [1.54, 1.807) is 0 Å². The van der Waals surface area contributed by atoms with E-state index in [9.17, 15) is 4.79 Å². The normalized spacial score (nSPS) is 19.3. The van der Waals surface area contributed by atoms with E-state index in [1.165, 1.54) is 0 Å². The number of aromatic nitrogens is 2. The standard InChI is InChI=1S/C23H23ClN4O2/c24-18-8-6-17(7-9-18)22-19-20(16-4-2-1-3-5-16)25-26-21(19)23(29)28(22)11-10-27-12-14-30-15-13-27/h1-9,22H,10-15H2,(H,25,26)/t22-/m0/s1. The summed E-state index contributed by atoms with van der Waals surface area (Å²) in [6, 6.07) is 17.6. The van der Waals surface area contributed by atoms with E-state index in [-0.39, 0.29) is 11.9 Å². The fourth-order valence-corrected chi connectivity index (χ4v) is 4.43. The second-order valence-corrected chi connectivity index (χ2v) is 8.07. The van der Waals surface area contributed by atoms with Crippen molar-refractivity contribution in [2.75, 3.05) is 39.4 Å². The maximum Gasteiger partial charge on any atom is 0.273 e. The fourth-order valence-electron chi connectivity index (χ4n) is 4.31. The minimum Gasteiger partial charge on any atom is -0.379 e. The molecule has 0 unspecified atom stereocenters. The van der Waals surface area contributed by atoms with Crippen LogP contribution in [-0.2, 0) is 4.74 Å². The van der Waals surface area contributed by atoms with Gasteiger partial charge in [-0.2, -0.15) is 5.10 Å². The molecule has 5 rings (SSSR count). The minimum absolute atomic E-state index is 0.00658. The number of amides is 1. The third-order valence-electron chi connectivity index (χ3n) is 5.86. The van der Waals surface area contributed by atoms with Gasteiger partial charge >= 0.3 is 0 Å². The smallest absolute Gasteiger partial charge is 0.273 e. The Bertz CT molecular complexity index is 1030. The molecule has 1 atom stereocenters. The third-order valence-corrected chi connectivity index (χ3v) is 6.11. The van der Waals surface area contributed by atoms with Gasteiger partial charge in [0.25, 0.3) is 5.91 Å². The molecule has 1 N–H and O–H groups in total. The van der Waals surface area contributed by atoms with E-state index >= 15 is 0 Å². The molecule has 0 radical (unpaired) electrons. The van der Waals surface area contributed by atoms with Gasteiger partial charge in [0.1, 0.15) is 5.69 Å². The molecule has 1 amide bonds. The number of morpholine rings is 1. The zero-order chi connectivity index (χ0) is 20.5. The van der Waals surface area contributed by atoms with Crippen LogP contribution < -0.4 is 0 Å². The summed E-state index contributed by atoms with van der Waals surface area (Å²) in [5, 5.41) is 8.20. The van der Waals surface area contributed by atoms with Crippen LogP contribution in [0.4, 0.5) is 0 Å². The second-order valence-electron chi connectivity index (χ2n) is 7.63. The van der Waals surface area contributed by atoms with Gasteiger partial charge in [-0.3, -0.25) is 14.8 Å². The summed E-state index contributed by atoms with van der Waals surface area (Å²) in [6.07, 6.45) is 0. The van der Waals surface area contributed by atoms with Crippen molar-refractivity contribution in [3.63, 3.8) is 0 Å². The Morgan fingerprint density at radius 3 is 2.50 bits per heavy atom. The molecule has 0 bridgehead atoms. The molecule has 0 aliphatic carbocycles. The molecule has 6 nitrogen and oxygen atoms in total. The van der Waals surface area contributed by atoms with E-state index in [2.05, 4.69) is 15.1 Å². The highest BCUT2D eigenvalue weighted by molar-refractivity contribution is 6.30. The molecule has 1 aromatic heterocycles. The largest absolute Gasteiger partial charge is 0.379 e. The molecular weight excluding hydrogens is 400 g/mol. The number of nitrogens with zero attached hydrogens (tertiary/aromatic N) is 3. The quantitative estimate of drug-likeness (QED) is 0.682. The van der Waals surface area contributed by atoms with Crippen molar-refractivity contribution in [3.8, 4) is 11.3 Å². The first kappa shape index (κ1) is 19.3. The predicted octanol–water partition coefficient (Wildman–Crippen LogP) is 3.61. The highest BCUT2D eigenvalue weighted by Crippen LogP contribution is 2.42. The number of ether oxygens (including phenoxy) is 1. The summed E-state index contributed by atoms with van der Waals surface area (Å²) in [5.41, 5.74) is 4.38. The lowest BCUT2D eigenvalue weighted by molar-refractivity contribution is 0.0316. The summed E-state index contributed by atoms with van der Waals surface area (Å²) >= 11 is 6.13. The Labute approximate surface area is 180 Å². The number of rotatable bonds is 5. The van der Waals surface area contributed by atoms with Crippen LogP contribution in [0, 0.1) is 0 Å². The van der Waals surface area contributed by atoms with Gasteiger partial charge in [0.15, 0.2) is 0 Å². The Hall–Kier alpha value is -2.67. The van der Waals surface area contributed by atoms with Gasteiger partial charge in [-0.25, -0.2) is 0 Å². The maximum absolute atomic E-state index is 13.4. The summed E-state index contributed by atoms with van der Waals surface area (Å²) < 4.78 is 5.45. The topological polar surface area (TPSA) is 61.5 Å². The van der Waals surface area contributed by atoms with E-state index < -0.39 is 0 Å². The van der Waals surface area contributed by atoms with Crippen LogP contribution in [0.15, 0.2) is 54.6 Å². The van der Waals surface area contributed by atoms with E-state index in [0.29, 0.717) is 17.3 Å².